The summed E-state index contributed by atoms with van der Waals surface area (Å²) in [5.74, 6) is 0.444. The highest BCUT2D eigenvalue weighted by Gasteiger charge is 2.49. The molecule has 0 unspecified atom stereocenters. The molecule has 2 saturated heterocycles. The number of halogens is 1. The molecule has 21 heavy (non-hydrogen) atoms. The minimum atomic E-state index is -0.262. The monoisotopic (exact) mass is 309 g/mol. The molecular weight excluding hydrogens is 290 g/mol. The first-order chi connectivity index (χ1) is 10.1. The van der Waals surface area contributed by atoms with Gasteiger partial charge in [-0.25, -0.2) is 0 Å². The third-order valence-corrected chi connectivity index (χ3v) is 4.96. The number of likely N-dealkylation sites (tertiary alicyclic amines) is 1. The lowest BCUT2D eigenvalue weighted by Crippen LogP contribution is -2.43. The average molecular weight is 310 g/mol. The van der Waals surface area contributed by atoms with Crippen LogP contribution in [0.15, 0.2) is 24.3 Å². The molecule has 1 aromatic rings. The molecule has 5 heteroatoms. The second-order valence-corrected chi connectivity index (χ2v) is 6.58. The van der Waals surface area contributed by atoms with Crippen LogP contribution in [-0.4, -0.2) is 48.8 Å². The number of amides is 1. The van der Waals surface area contributed by atoms with E-state index < -0.39 is 0 Å². The largest absolute Gasteiger partial charge is 0.396 e. The number of aliphatic hydroxyl groups is 1. The van der Waals surface area contributed by atoms with Gasteiger partial charge in [0, 0.05) is 30.1 Å². The van der Waals surface area contributed by atoms with Gasteiger partial charge in [-0.1, -0.05) is 23.7 Å². The SMILES string of the molecule is O=C(Cc1cccc(Cl)c1)N1C[C@@H]2CCOC[C@]2(CO)C1. The Bertz CT molecular complexity index is 536. The number of rotatable bonds is 3. The van der Waals surface area contributed by atoms with Gasteiger partial charge in [-0.15, -0.1) is 0 Å². The molecule has 4 nitrogen and oxygen atoms in total. The molecule has 1 N–H and O–H groups in total. The predicted molar refractivity (Wildman–Crippen MR) is 80.2 cm³/mol. The number of benzene rings is 1. The van der Waals surface area contributed by atoms with Crippen LogP contribution < -0.4 is 0 Å². The molecule has 2 aliphatic rings. The number of carbonyl (C=O) groups excluding carboxylic acids is 1. The van der Waals surface area contributed by atoms with Gasteiger partial charge in [0.05, 0.1) is 19.6 Å². The number of hydrogen-bond donors (Lipinski definition) is 1. The average Bonchev–Trinajstić information content (AvgIpc) is 2.87. The minimum absolute atomic E-state index is 0.0820. The van der Waals surface area contributed by atoms with Crippen molar-refractivity contribution in [3.05, 3.63) is 34.9 Å². The van der Waals surface area contributed by atoms with E-state index >= 15 is 0 Å². The Morgan fingerprint density at radius 1 is 1.52 bits per heavy atom. The van der Waals surface area contributed by atoms with Crippen LogP contribution in [-0.2, 0) is 16.0 Å². The van der Waals surface area contributed by atoms with Crippen LogP contribution in [0.5, 0.6) is 0 Å². The molecule has 114 valence electrons. The van der Waals surface area contributed by atoms with Gasteiger partial charge in [-0.3, -0.25) is 4.79 Å². The smallest absolute Gasteiger partial charge is 0.227 e. The van der Waals surface area contributed by atoms with E-state index in [-0.39, 0.29) is 17.9 Å². The lowest BCUT2D eigenvalue weighted by Gasteiger charge is -2.36. The Balaban J connectivity index is 1.69. The van der Waals surface area contributed by atoms with Gasteiger partial charge in [-0.05, 0) is 30.0 Å². The molecule has 1 amide bonds. The molecule has 3 rings (SSSR count). The molecule has 1 aromatic carbocycles. The number of aliphatic hydroxyl groups excluding tert-OH is 1. The fraction of sp³-hybridized carbons (Fsp3) is 0.562. The molecule has 0 aromatic heterocycles. The van der Waals surface area contributed by atoms with E-state index in [0.717, 1.165) is 25.1 Å². The third-order valence-electron chi connectivity index (χ3n) is 4.72. The molecule has 0 aliphatic carbocycles. The van der Waals surface area contributed by atoms with Crippen molar-refractivity contribution in [1.82, 2.24) is 4.90 Å². The van der Waals surface area contributed by atoms with Crippen molar-refractivity contribution in [2.75, 3.05) is 32.9 Å². The summed E-state index contributed by atoms with van der Waals surface area (Å²) >= 11 is 5.96. The van der Waals surface area contributed by atoms with Crippen LogP contribution in [0.2, 0.25) is 5.02 Å². The van der Waals surface area contributed by atoms with Gasteiger partial charge in [0.1, 0.15) is 0 Å². The van der Waals surface area contributed by atoms with Gasteiger partial charge >= 0.3 is 0 Å². The Labute approximate surface area is 129 Å². The van der Waals surface area contributed by atoms with E-state index in [4.69, 9.17) is 16.3 Å². The van der Waals surface area contributed by atoms with Crippen LogP contribution in [0.3, 0.4) is 0 Å². The van der Waals surface area contributed by atoms with Crippen LogP contribution in [0, 0.1) is 11.3 Å². The summed E-state index contributed by atoms with van der Waals surface area (Å²) in [5.41, 5.74) is 0.666. The van der Waals surface area contributed by atoms with E-state index in [1.807, 2.05) is 23.1 Å². The van der Waals surface area contributed by atoms with Crippen LogP contribution in [0.4, 0.5) is 0 Å². The van der Waals surface area contributed by atoms with E-state index in [2.05, 4.69) is 0 Å². The van der Waals surface area contributed by atoms with Crippen molar-refractivity contribution < 1.29 is 14.6 Å². The number of nitrogens with zero attached hydrogens (tertiary/aromatic N) is 1. The Kier molecular flexibility index (Phi) is 4.20. The fourth-order valence-corrected chi connectivity index (χ4v) is 3.66. The zero-order chi connectivity index (χ0) is 14.9. The maximum absolute atomic E-state index is 12.5. The van der Waals surface area contributed by atoms with Gasteiger partial charge in [-0.2, -0.15) is 0 Å². The van der Waals surface area contributed by atoms with Crippen LogP contribution in [0.25, 0.3) is 0 Å². The highest BCUT2D eigenvalue weighted by Crippen LogP contribution is 2.41. The number of carbonyl (C=O) groups is 1. The number of ether oxygens (including phenoxy) is 1. The Morgan fingerprint density at radius 2 is 2.38 bits per heavy atom. The maximum atomic E-state index is 12.5. The van der Waals surface area contributed by atoms with Gasteiger partial charge in [0.2, 0.25) is 5.91 Å². The normalized spacial score (nSPS) is 28.5. The van der Waals surface area contributed by atoms with Crippen molar-refractivity contribution in [2.45, 2.75) is 12.8 Å². The molecule has 2 aliphatic heterocycles. The van der Waals surface area contributed by atoms with Crippen LogP contribution >= 0.6 is 11.6 Å². The van der Waals surface area contributed by atoms with Gasteiger partial charge in [0.15, 0.2) is 0 Å². The van der Waals surface area contributed by atoms with Crippen molar-refractivity contribution >= 4 is 17.5 Å². The van der Waals surface area contributed by atoms with E-state index in [1.54, 1.807) is 6.07 Å². The molecule has 0 bridgehead atoms. The van der Waals surface area contributed by atoms with E-state index in [1.165, 1.54) is 0 Å². The maximum Gasteiger partial charge on any atom is 0.227 e. The summed E-state index contributed by atoms with van der Waals surface area (Å²) in [6, 6.07) is 7.40. The second-order valence-electron chi connectivity index (χ2n) is 6.14. The summed E-state index contributed by atoms with van der Waals surface area (Å²) in [4.78, 5) is 14.4. The number of hydrogen-bond acceptors (Lipinski definition) is 3. The summed E-state index contributed by atoms with van der Waals surface area (Å²) in [6.45, 7) is 2.67. The topological polar surface area (TPSA) is 49.8 Å². The molecular formula is C16H20ClNO3. The van der Waals surface area contributed by atoms with Gasteiger partial charge < -0.3 is 14.7 Å². The standard InChI is InChI=1S/C16H20ClNO3/c17-14-3-1-2-12(6-14)7-15(20)18-8-13-4-5-21-11-16(13,9-18)10-19/h1-3,6,13,19H,4-5,7-11H2/t13-,16+/m0/s1. The highest BCUT2D eigenvalue weighted by molar-refractivity contribution is 6.30. The van der Waals surface area contributed by atoms with Crippen molar-refractivity contribution in [1.29, 1.82) is 0 Å². The zero-order valence-electron chi connectivity index (χ0n) is 11.9. The fourth-order valence-electron chi connectivity index (χ4n) is 3.44. The molecule has 0 spiro atoms. The summed E-state index contributed by atoms with van der Waals surface area (Å²) < 4.78 is 5.52. The first kappa shape index (κ1) is 14.8. The lowest BCUT2D eigenvalue weighted by molar-refractivity contribution is -0.130. The van der Waals surface area contributed by atoms with Gasteiger partial charge in [0.25, 0.3) is 0 Å². The molecule has 2 heterocycles. The summed E-state index contributed by atoms with van der Waals surface area (Å²) in [7, 11) is 0. The first-order valence-electron chi connectivity index (χ1n) is 7.34. The minimum Gasteiger partial charge on any atom is -0.396 e. The first-order valence-corrected chi connectivity index (χ1v) is 7.72. The van der Waals surface area contributed by atoms with Crippen molar-refractivity contribution in [3.8, 4) is 0 Å². The highest BCUT2D eigenvalue weighted by atomic mass is 35.5. The van der Waals surface area contributed by atoms with E-state index in [0.29, 0.717) is 30.5 Å². The zero-order valence-corrected chi connectivity index (χ0v) is 12.7. The second kappa shape index (κ2) is 5.95. The molecule has 0 saturated carbocycles. The Hall–Kier alpha value is -1.10. The van der Waals surface area contributed by atoms with Crippen LogP contribution in [0.1, 0.15) is 12.0 Å². The molecule has 2 atom stereocenters. The van der Waals surface area contributed by atoms with E-state index in [9.17, 15) is 9.90 Å². The molecule has 0 radical (unpaired) electrons. The predicted octanol–water partition coefficient (Wildman–Crippen LogP) is 1.74. The summed E-state index contributed by atoms with van der Waals surface area (Å²) in [6.07, 6.45) is 1.27. The summed E-state index contributed by atoms with van der Waals surface area (Å²) in [5, 5.41) is 10.4. The lowest BCUT2D eigenvalue weighted by atomic mass is 9.76. The Morgan fingerprint density at radius 3 is 3.10 bits per heavy atom. The quantitative estimate of drug-likeness (QED) is 0.925. The third kappa shape index (κ3) is 2.93. The molecule has 2 fully saturated rings. The van der Waals surface area contributed by atoms with Crippen molar-refractivity contribution in [2.24, 2.45) is 11.3 Å². The number of fused-ring (bicyclic) bond motifs is 1. The van der Waals surface area contributed by atoms with Crippen molar-refractivity contribution in [3.63, 3.8) is 0 Å².